The molecule has 8 heteroatoms. The van der Waals surface area contributed by atoms with Crippen molar-refractivity contribution in [3.05, 3.63) is 33.3 Å². The number of nitro benzene ring substituents is 1. The lowest BCUT2D eigenvalue weighted by molar-refractivity contribution is -0.384. The average Bonchev–Trinajstić information content (AvgIpc) is 2.77. The number of nitro groups is 1. The van der Waals surface area contributed by atoms with Gasteiger partial charge in [0.25, 0.3) is 11.6 Å². The van der Waals surface area contributed by atoms with Crippen LogP contribution in [0.2, 0.25) is 5.02 Å². The molecule has 0 aliphatic carbocycles. The first-order valence-corrected chi connectivity index (χ1v) is 4.81. The molecule has 0 bridgehead atoms. The lowest BCUT2D eigenvalue weighted by Gasteiger charge is -1.98. The first-order chi connectivity index (χ1) is 8.11. The molecule has 17 heavy (non-hydrogen) atoms. The van der Waals surface area contributed by atoms with Gasteiger partial charge >= 0.3 is 6.08 Å². The van der Waals surface area contributed by atoms with Crippen LogP contribution >= 0.6 is 11.6 Å². The molecule has 0 N–H and O–H groups in total. The molecule has 7 nitrogen and oxygen atoms in total. The van der Waals surface area contributed by atoms with Gasteiger partial charge in [0.05, 0.1) is 12.0 Å². The first kappa shape index (κ1) is 11.3. The molecule has 0 spiro atoms. The van der Waals surface area contributed by atoms with Crippen LogP contribution in [-0.4, -0.2) is 22.2 Å². The maximum atomic E-state index is 10.8. The van der Waals surface area contributed by atoms with Crippen LogP contribution in [0, 0.1) is 10.1 Å². The molecule has 1 aromatic heterocycles. The SMILES string of the molecule is COc1nnc(-c2ccc(Cl)cc2[N+](=O)[O-])o1. The minimum absolute atomic E-state index is 0.00483. The molecule has 0 radical (unpaired) electrons. The number of aromatic nitrogens is 2. The number of halogens is 1. The zero-order chi connectivity index (χ0) is 12.4. The minimum Gasteiger partial charge on any atom is -0.452 e. The summed E-state index contributed by atoms with van der Waals surface area (Å²) < 4.78 is 9.76. The zero-order valence-electron chi connectivity index (χ0n) is 8.58. The van der Waals surface area contributed by atoms with Crippen molar-refractivity contribution in [3.63, 3.8) is 0 Å². The summed E-state index contributed by atoms with van der Waals surface area (Å²) in [5.41, 5.74) is -0.0148. The van der Waals surface area contributed by atoms with Crippen molar-refractivity contribution in [1.82, 2.24) is 10.2 Å². The van der Waals surface area contributed by atoms with Crippen molar-refractivity contribution in [3.8, 4) is 17.5 Å². The van der Waals surface area contributed by atoms with E-state index in [0.29, 0.717) is 0 Å². The maximum absolute atomic E-state index is 10.8. The highest BCUT2D eigenvalue weighted by Crippen LogP contribution is 2.32. The van der Waals surface area contributed by atoms with Crippen LogP contribution in [0.3, 0.4) is 0 Å². The summed E-state index contributed by atoms with van der Waals surface area (Å²) in [6.07, 6.45) is -0.0655. The van der Waals surface area contributed by atoms with Crippen molar-refractivity contribution in [2.45, 2.75) is 0 Å². The molecular formula is C9H6ClN3O4. The van der Waals surface area contributed by atoms with Gasteiger partial charge in [-0.25, -0.2) is 0 Å². The van der Waals surface area contributed by atoms with Crippen LogP contribution in [0.15, 0.2) is 22.6 Å². The van der Waals surface area contributed by atoms with Gasteiger partial charge in [-0.1, -0.05) is 16.7 Å². The molecule has 0 saturated carbocycles. The smallest absolute Gasteiger partial charge is 0.414 e. The average molecular weight is 256 g/mol. The van der Waals surface area contributed by atoms with E-state index in [0.717, 1.165) is 0 Å². The number of hydrogen-bond acceptors (Lipinski definition) is 6. The predicted molar refractivity (Wildman–Crippen MR) is 58.0 cm³/mol. The number of nitrogens with zero attached hydrogens (tertiary/aromatic N) is 3. The van der Waals surface area contributed by atoms with E-state index in [2.05, 4.69) is 10.2 Å². The summed E-state index contributed by atoms with van der Waals surface area (Å²) in [6, 6.07) is 4.15. The van der Waals surface area contributed by atoms with Gasteiger partial charge in [0.1, 0.15) is 5.56 Å². The van der Waals surface area contributed by atoms with Gasteiger partial charge in [0.15, 0.2) is 0 Å². The Balaban J connectivity index is 2.54. The lowest BCUT2D eigenvalue weighted by atomic mass is 10.2. The van der Waals surface area contributed by atoms with Crippen LogP contribution in [0.25, 0.3) is 11.5 Å². The molecule has 1 aromatic carbocycles. The van der Waals surface area contributed by atoms with Gasteiger partial charge in [-0.3, -0.25) is 10.1 Å². The Morgan fingerprint density at radius 3 is 2.82 bits per heavy atom. The molecule has 0 amide bonds. The highest BCUT2D eigenvalue weighted by molar-refractivity contribution is 6.30. The number of methoxy groups -OCH3 is 1. The Morgan fingerprint density at radius 1 is 1.47 bits per heavy atom. The number of rotatable bonds is 3. The van der Waals surface area contributed by atoms with E-state index in [1.54, 1.807) is 0 Å². The Labute approximate surface area is 100 Å². The monoisotopic (exact) mass is 255 g/mol. The topological polar surface area (TPSA) is 91.3 Å². The normalized spacial score (nSPS) is 10.2. The van der Waals surface area contributed by atoms with Crippen molar-refractivity contribution in [1.29, 1.82) is 0 Å². The number of hydrogen-bond donors (Lipinski definition) is 0. The molecule has 0 unspecified atom stereocenters. The van der Waals surface area contributed by atoms with E-state index < -0.39 is 4.92 Å². The van der Waals surface area contributed by atoms with Gasteiger partial charge in [-0.2, -0.15) is 0 Å². The van der Waals surface area contributed by atoms with Crippen LogP contribution in [0.4, 0.5) is 5.69 Å². The lowest BCUT2D eigenvalue weighted by Crippen LogP contribution is -1.92. The van der Waals surface area contributed by atoms with Crippen molar-refractivity contribution in [2.24, 2.45) is 0 Å². The fourth-order valence-corrected chi connectivity index (χ4v) is 1.40. The summed E-state index contributed by atoms with van der Waals surface area (Å²) in [6.45, 7) is 0. The molecule has 0 aliphatic heterocycles. The molecular weight excluding hydrogens is 250 g/mol. The third kappa shape index (κ3) is 2.18. The van der Waals surface area contributed by atoms with Crippen molar-refractivity contribution >= 4 is 17.3 Å². The Bertz CT molecular complexity index is 569. The standard InChI is InChI=1S/C9H6ClN3O4/c1-16-9-12-11-8(17-9)6-3-2-5(10)4-7(6)13(14)15/h2-4H,1H3. The van der Waals surface area contributed by atoms with Crippen molar-refractivity contribution < 1.29 is 14.1 Å². The predicted octanol–water partition coefficient (Wildman–Crippen LogP) is 2.31. The molecule has 0 fully saturated rings. The Morgan fingerprint density at radius 2 is 2.24 bits per heavy atom. The molecule has 2 aromatic rings. The summed E-state index contributed by atoms with van der Waals surface area (Å²) in [5.74, 6) is 0.00483. The number of ether oxygens (including phenoxy) is 1. The maximum Gasteiger partial charge on any atom is 0.414 e. The minimum atomic E-state index is -0.572. The van der Waals surface area contributed by atoms with Crippen LogP contribution < -0.4 is 4.74 Å². The van der Waals surface area contributed by atoms with E-state index in [1.165, 1.54) is 25.3 Å². The summed E-state index contributed by atoms with van der Waals surface area (Å²) >= 11 is 5.69. The molecule has 1 heterocycles. The molecule has 88 valence electrons. The van der Waals surface area contributed by atoms with Crippen LogP contribution in [-0.2, 0) is 0 Å². The second-order valence-corrected chi connectivity index (χ2v) is 3.43. The quantitative estimate of drug-likeness (QED) is 0.617. The van der Waals surface area contributed by atoms with Gasteiger partial charge in [0.2, 0.25) is 0 Å². The van der Waals surface area contributed by atoms with Gasteiger partial charge in [0, 0.05) is 11.1 Å². The largest absolute Gasteiger partial charge is 0.452 e. The van der Waals surface area contributed by atoms with Gasteiger partial charge in [-0.15, -0.1) is 5.10 Å². The summed E-state index contributed by atoms with van der Waals surface area (Å²) in [7, 11) is 1.35. The molecule has 2 rings (SSSR count). The second-order valence-electron chi connectivity index (χ2n) is 3.00. The highest BCUT2D eigenvalue weighted by Gasteiger charge is 2.20. The van der Waals surface area contributed by atoms with Crippen LogP contribution in [0.1, 0.15) is 0 Å². The first-order valence-electron chi connectivity index (χ1n) is 4.43. The molecule has 0 saturated heterocycles. The van der Waals surface area contributed by atoms with Crippen LogP contribution in [0.5, 0.6) is 6.08 Å². The van der Waals surface area contributed by atoms with E-state index >= 15 is 0 Å². The summed E-state index contributed by atoms with van der Waals surface area (Å²) in [5, 5.41) is 18.3. The highest BCUT2D eigenvalue weighted by atomic mass is 35.5. The van der Waals surface area contributed by atoms with Gasteiger partial charge < -0.3 is 9.15 Å². The van der Waals surface area contributed by atoms with E-state index in [1.807, 2.05) is 0 Å². The van der Waals surface area contributed by atoms with E-state index in [-0.39, 0.29) is 28.2 Å². The third-order valence-electron chi connectivity index (χ3n) is 1.97. The zero-order valence-corrected chi connectivity index (χ0v) is 9.34. The Hall–Kier alpha value is -2.15. The third-order valence-corrected chi connectivity index (χ3v) is 2.20. The Kier molecular flexibility index (Phi) is 2.92. The summed E-state index contributed by atoms with van der Waals surface area (Å²) in [4.78, 5) is 10.3. The van der Waals surface area contributed by atoms with Crippen molar-refractivity contribution in [2.75, 3.05) is 7.11 Å². The van der Waals surface area contributed by atoms with Gasteiger partial charge in [-0.05, 0) is 12.1 Å². The fourth-order valence-electron chi connectivity index (χ4n) is 1.24. The second kappa shape index (κ2) is 4.38. The van der Waals surface area contributed by atoms with E-state index in [4.69, 9.17) is 20.8 Å². The fraction of sp³-hybridized carbons (Fsp3) is 0.111. The molecule has 0 atom stereocenters. The molecule has 0 aliphatic rings. The number of benzene rings is 1. The van der Waals surface area contributed by atoms with E-state index in [9.17, 15) is 10.1 Å².